The standard InChI is InChI=1S/C20H25NO2/c1-4-5-15-23-19-13-11-18(12-14-19)20(22)21(3)16(2)17-9-7-6-8-10-17/h6-14,16H,4-5,15H2,1-3H3. The summed E-state index contributed by atoms with van der Waals surface area (Å²) in [7, 11) is 1.84. The van der Waals surface area contributed by atoms with E-state index < -0.39 is 0 Å². The predicted molar refractivity (Wildman–Crippen MR) is 93.8 cm³/mol. The zero-order valence-electron chi connectivity index (χ0n) is 14.2. The average molecular weight is 311 g/mol. The Balaban J connectivity index is 2.01. The van der Waals surface area contributed by atoms with Crippen LogP contribution in [-0.2, 0) is 0 Å². The van der Waals surface area contributed by atoms with Gasteiger partial charge in [0.25, 0.3) is 5.91 Å². The van der Waals surface area contributed by atoms with E-state index in [4.69, 9.17) is 4.74 Å². The molecule has 0 saturated carbocycles. The largest absolute Gasteiger partial charge is 0.494 e. The number of hydrogen-bond acceptors (Lipinski definition) is 2. The first-order valence-corrected chi connectivity index (χ1v) is 8.18. The Kier molecular flexibility index (Phi) is 6.21. The van der Waals surface area contributed by atoms with Crippen LogP contribution in [0.4, 0.5) is 0 Å². The van der Waals surface area contributed by atoms with Gasteiger partial charge in [-0.1, -0.05) is 43.7 Å². The fourth-order valence-electron chi connectivity index (χ4n) is 2.36. The van der Waals surface area contributed by atoms with Crippen molar-refractivity contribution in [3.63, 3.8) is 0 Å². The molecule has 23 heavy (non-hydrogen) atoms. The SMILES string of the molecule is CCCCOc1ccc(C(=O)N(C)C(C)c2ccccc2)cc1. The van der Waals surface area contributed by atoms with Crippen molar-refractivity contribution in [1.82, 2.24) is 4.90 Å². The van der Waals surface area contributed by atoms with E-state index in [0.717, 1.165) is 30.8 Å². The molecule has 0 heterocycles. The minimum Gasteiger partial charge on any atom is -0.494 e. The number of nitrogens with zero attached hydrogens (tertiary/aromatic N) is 1. The van der Waals surface area contributed by atoms with Crippen LogP contribution >= 0.6 is 0 Å². The van der Waals surface area contributed by atoms with Gasteiger partial charge < -0.3 is 9.64 Å². The molecule has 0 bridgehead atoms. The molecule has 2 aromatic rings. The number of carbonyl (C=O) groups is 1. The van der Waals surface area contributed by atoms with E-state index in [-0.39, 0.29) is 11.9 Å². The third-order valence-corrected chi connectivity index (χ3v) is 4.05. The van der Waals surface area contributed by atoms with Crippen LogP contribution in [0.5, 0.6) is 5.75 Å². The molecule has 0 aliphatic rings. The van der Waals surface area contributed by atoms with Crippen LogP contribution in [0.2, 0.25) is 0 Å². The van der Waals surface area contributed by atoms with Gasteiger partial charge in [-0.05, 0) is 43.2 Å². The van der Waals surface area contributed by atoms with Crippen molar-refractivity contribution in [2.24, 2.45) is 0 Å². The number of unbranched alkanes of at least 4 members (excludes halogenated alkanes) is 1. The van der Waals surface area contributed by atoms with Gasteiger partial charge in [0, 0.05) is 12.6 Å². The lowest BCUT2D eigenvalue weighted by Gasteiger charge is -2.25. The summed E-state index contributed by atoms with van der Waals surface area (Å²) in [6, 6.07) is 17.5. The van der Waals surface area contributed by atoms with Crippen molar-refractivity contribution in [1.29, 1.82) is 0 Å². The summed E-state index contributed by atoms with van der Waals surface area (Å²) in [6.45, 7) is 4.89. The molecule has 0 N–H and O–H groups in total. The Labute approximate surface area is 138 Å². The topological polar surface area (TPSA) is 29.5 Å². The van der Waals surface area contributed by atoms with Gasteiger partial charge in [-0.15, -0.1) is 0 Å². The van der Waals surface area contributed by atoms with Gasteiger partial charge in [-0.3, -0.25) is 4.79 Å². The smallest absolute Gasteiger partial charge is 0.254 e. The quantitative estimate of drug-likeness (QED) is 0.694. The van der Waals surface area contributed by atoms with Gasteiger partial charge in [0.2, 0.25) is 0 Å². The minimum atomic E-state index is 0.0152. The molecule has 2 aromatic carbocycles. The van der Waals surface area contributed by atoms with E-state index >= 15 is 0 Å². The Morgan fingerprint density at radius 2 is 1.74 bits per heavy atom. The lowest BCUT2D eigenvalue weighted by atomic mass is 10.1. The zero-order valence-corrected chi connectivity index (χ0v) is 14.2. The Hall–Kier alpha value is -2.29. The summed E-state index contributed by atoms with van der Waals surface area (Å²) in [5.41, 5.74) is 1.81. The Bertz CT molecular complexity index is 607. The molecule has 3 nitrogen and oxygen atoms in total. The normalized spacial score (nSPS) is 11.8. The highest BCUT2D eigenvalue weighted by Gasteiger charge is 2.18. The van der Waals surface area contributed by atoms with Crippen LogP contribution in [0.1, 0.15) is 48.7 Å². The summed E-state index contributed by atoms with van der Waals surface area (Å²) in [6.07, 6.45) is 2.15. The maximum Gasteiger partial charge on any atom is 0.254 e. The first kappa shape index (κ1) is 17.1. The molecule has 0 fully saturated rings. The summed E-state index contributed by atoms with van der Waals surface area (Å²) < 4.78 is 5.63. The lowest BCUT2D eigenvalue weighted by Crippen LogP contribution is -2.29. The average Bonchev–Trinajstić information content (AvgIpc) is 2.61. The highest BCUT2D eigenvalue weighted by Crippen LogP contribution is 2.21. The second-order valence-corrected chi connectivity index (χ2v) is 5.73. The van der Waals surface area contributed by atoms with Crippen molar-refractivity contribution in [3.8, 4) is 5.75 Å². The van der Waals surface area contributed by atoms with Crippen molar-refractivity contribution >= 4 is 5.91 Å². The third kappa shape index (κ3) is 4.59. The number of amides is 1. The van der Waals surface area contributed by atoms with Crippen LogP contribution in [-0.4, -0.2) is 24.5 Å². The number of hydrogen-bond donors (Lipinski definition) is 0. The van der Waals surface area contributed by atoms with Gasteiger partial charge >= 0.3 is 0 Å². The zero-order chi connectivity index (χ0) is 16.7. The number of rotatable bonds is 7. The fourth-order valence-corrected chi connectivity index (χ4v) is 2.36. The molecule has 122 valence electrons. The third-order valence-electron chi connectivity index (χ3n) is 4.05. The number of carbonyl (C=O) groups excluding carboxylic acids is 1. The monoisotopic (exact) mass is 311 g/mol. The molecule has 0 radical (unpaired) electrons. The lowest BCUT2D eigenvalue weighted by molar-refractivity contribution is 0.0742. The molecular formula is C20H25NO2. The Morgan fingerprint density at radius 1 is 1.09 bits per heavy atom. The van der Waals surface area contributed by atoms with Crippen molar-refractivity contribution in [3.05, 3.63) is 65.7 Å². The van der Waals surface area contributed by atoms with E-state index in [2.05, 4.69) is 6.92 Å². The van der Waals surface area contributed by atoms with E-state index in [9.17, 15) is 4.79 Å². The van der Waals surface area contributed by atoms with Gasteiger partial charge in [-0.25, -0.2) is 0 Å². The van der Waals surface area contributed by atoms with E-state index in [1.165, 1.54) is 0 Å². The predicted octanol–water partition coefficient (Wildman–Crippen LogP) is 4.70. The molecule has 0 saturated heterocycles. The molecule has 0 aromatic heterocycles. The molecule has 0 aliphatic carbocycles. The second kappa shape index (κ2) is 8.37. The summed E-state index contributed by atoms with van der Waals surface area (Å²) in [4.78, 5) is 14.4. The van der Waals surface area contributed by atoms with Crippen LogP contribution in [0.15, 0.2) is 54.6 Å². The van der Waals surface area contributed by atoms with Gasteiger partial charge in [0.15, 0.2) is 0 Å². The fraction of sp³-hybridized carbons (Fsp3) is 0.350. The molecular weight excluding hydrogens is 286 g/mol. The first-order valence-electron chi connectivity index (χ1n) is 8.18. The molecule has 0 spiro atoms. The Morgan fingerprint density at radius 3 is 2.35 bits per heavy atom. The highest BCUT2D eigenvalue weighted by molar-refractivity contribution is 5.94. The number of ether oxygens (including phenoxy) is 1. The maximum atomic E-state index is 12.6. The molecule has 0 aliphatic heterocycles. The number of benzene rings is 2. The molecule has 2 rings (SSSR count). The van der Waals surface area contributed by atoms with Crippen LogP contribution in [0, 0.1) is 0 Å². The minimum absolute atomic E-state index is 0.0152. The van der Waals surface area contributed by atoms with Crippen LogP contribution < -0.4 is 4.74 Å². The van der Waals surface area contributed by atoms with E-state index in [1.807, 2.05) is 68.6 Å². The van der Waals surface area contributed by atoms with Crippen LogP contribution in [0.3, 0.4) is 0 Å². The van der Waals surface area contributed by atoms with Crippen LogP contribution in [0.25, 0.3) is 0 Å². The van der Waals surface area contributed by atoms with Crippen molar-refractivity contribution in [2.75, 3.05) is 13.7 Å². The van der Waals surface area contributed by atoms with Gasteiger partial charge in [-0.2, -0.15) is 0 Å². The van der Waals surface area contributed by atoms with Crippen molar-refractivity contribution < 1.29 is 9.53 Å². The molecule has 3 heteroatoms. The van der Waals surface area contributed by atoms with Gasteiger partial charge in [0.1, 0.15) is 5.75 Å². The maximum absolute atomic E-state index is 12.6. The molecule has 1 unspecified atom stereocenters. The molecule has 1 amide bonds. The summed E-state index contributed by atoms with van der Waals surface area (Å²) in [5.74, 6) is 0.829. The van der Waals surface area contributed by atoms with E-state index in [0.29, 0.717) is 5.56 Å². The van der Waals surface area contributed by atoms with Crippen molar-refractivity contribution in [2.45, 2.75) is 32.7 Å². The summed E-state index contributed by atoms with van der Waals surface area (Å²) >= 11 is 0. The summed E-state index contributed by atoms with van der Waals surface area (Å²) in [5, 5.41) is 0. The van der Waals surface area contributed by atoms with Gasteiger partial charge in [0.05, 0.1) is 12.6 Å². The first-order chi connectivity index (χ1) is 11.1. The molecule has 1 atom stereocenters. The second-order valence-electron chi connectivity index (χ2n) is 5.73. The van der Waals surface area contributed by atoms with E-state index in [1.54, 1.807) is 4.90 Å². The highest BCUT2D eigenvalue weighted by atomic mass is 16.5.